The van der Waals surface area contributed by atoms with Crippen molar-refractivity contribution < 1.29 is 4.74 Å². The van der Waals surface area contributed by atoms with Crippen LogP contribution in [0, 0.1) is 18.3 Å². The van der Waals surface area contributed by atoms with E-state index < -0.39 is 0 Å². The number of hydrogen-bond donors (Lipinski definition) is 2. The van der Waals surface area contributed by atoms with Gasteiger partial charge in [-0.3, -0.25) is 4.98 Å². The molecule has 2 atom stereocenters. The van der Waals surface area contributed by atoms with Crippen LogP contribution in [0.2, 0.25) is 0 Å². The van der Waals surface area contributed by atoms with Crippen LogP contribution in [-0.4, -0.2) is 23.7 Å². The zero-order valence-electron chi connectivity index (χ0n) is 12.9. The Hall–Kier alpha value is -2.32. The normalized spacial score (nSPS) is 21.5. The molecule has 1 aliphatic heterocycles. The molecule has 0 amide bonds. The minimum Gasteiger partial charge on any atom is -0.396 e. The molecule has 5 heteroatoms. The number of aryl methyl sites for hydroxylation is 1. The second-order valence-corrected chi connectivity index (χ2v) is 5.88. The molecule has 22 heavy (non-hydrogen) atoms. The van der Waals surface area contributed by atoms with Gasteiger partial charge in [-0.15, -0.1) is 0 Å². The number of nitrogens with zero attached hydrogens (tertiary/aromatic N) is 2. The predicted molar refractivity (Wildman–Crippen MR) is 87.7 cm³/mol. The van der Waals surface area contributed by atoms with E-state index in [-0.39, 0.29) is 6.10 Å². The number of pyridine rings is 1. The van der Waals surface area contributed by atoms with Crippen LogP contribution in [0.25, 0.3) is 10.9 Å². The van der Waals surface area contributed by atoms with Crippen molar-refractivity contribution in [3.63, 3.8) is 0 Å². The Bertz CT molecular complexity index is 750. The number of rotatable bonds is 2. The molecule has 1 fully saturated rings. The van der Waals surface area contributed by atoms with Crippen molar-refractivity contribution >= 4 is 22.3 Å². The monoisotopic (exact) mass is 296 g/mol. The van der Waals surface area contributed by atoms with E-state index in [4.69, 9.17) is 15.7 Å². The van der Waals surface area contributed by atoms with E-state index >= 15 is 0 Å². The van der Waals surface area contributed by atoms with Crippen LogP contribution in [0.15, 0.2) is 18.2 Å². The van der Waals surface area contributed by atoms with Crippen LogP contribution in [-0.2, 0) is 4.74 Å². The van der Waals surface area contributed by atoms with Gasteiger partial charge in [-0.2, -0.15) is 5.26 Å². The molecule has 0 saturated carbocycles. The molecule has 1 unspecified atom stereocenters. The average molecular weight is 296 g/mol. The summed E-state index contributed by atoms with van der Waals surface area (Å²) in [4.78, 5) is 4.52. The maximum absolute atomic E-state index is 9.13. The molecule has 0 aliphatic carbocycles. The van der Waals surface area contributed by atoms with Crippen LogP contribution >= 0.6 is 0 Å². The second kappa shape index (κ2) is 5.82. The lowest BCUT2D eigenvalue weighted by Gasteiger charge is -2.29. The largest absolute Gasteiger partial charge is 0.396 e. The van der Waals surface area contributed by atoms with Gasteiger partial charge in [0.15, 0.2) is 0 Å². The Labute approximate surface area is 130 Å². The fraction of sp³-hybridized carbons (Fsp3) is 0.412. The minimum absolute atomic E-state index is 0.247. The Balaban J connectivity index is 2.06. The molecule has 3 N–H and O–H groups in total. The van der Waals surface area contributed by atoms with Gasteiger partial charge in [0.05, 0.1) is 40.3 Å². The van der Waals surface area contributed by atoms with Crippen LogP contribution in [0.1, 0.15) is 31.0 Å². The first-order valence-electron chi connectivity index (χ1n) is 7.56. The highest BCUT2D eigenvalue weighted by Gasteiger charge is 2.21. The third kappa shape index (κ3) is 2.70. The molecular formula is C17H20N4O. The first-order valence-corrected chi connectivity index (χ1v) is 7.56. The quantitative estimate of drug-likeness (QED) is 0.890. The molecule has 2 heterocycles. The van der Waals surface area contributed by atoms with E-state index in [1.54, 1.807) is 6.07 Å². The fourth-order valence-corrected chi connectivity index (χ4v) is 2.96. The summed E-state index contributed by atoms with van der Waals surface area (Å²) in [7, 11) is 0. The minimum atomic E-state index is 0.247. The molecule has 2 aromatic rings. The highest BCUT2D eigenvalue weighted by atomic mass is 16.5. The zero-order chi connectivity index (χ0) is 15.7. The smallest absolute Gasteiger partial charge is 0.0991 e. The highest BCUT2D eigenvalue weighted by Crippen LogP contribution is 2.33. The Morgan fingerprint density at radius 2 is 2.27 bits per heavy atom. The summed E-state index contributed by atoms with van der Waals surface area (Å²) in [6, 6.07) is 8.00. The van der Waals surface area contributed by atoms with Gasteiger partial charge in [0, 0.05) is 18.0 Å². The van der Waals surface area contributed by atoms with Crippen molar-refractivity contribution in [2.24, 2.45) is 0 Å². The number of nitrogens with two attached hydrogens (primary N) is 1. The standard InChI is InChI=1S/C17H20N4O/c1-10-7-13(5-6-22-10)21-17-14-8-12(9-18)3-4-15(14)20-11(2)16(17)19/h3-4,8,10,13H,5-7,19H2,1-2H3,(H,20,21)/t10-,13?/m1/s1. The number of aromatic nitrogens is 1. The lowest BCUT2D eigenvalue weighted by Crippen LogP contribution is -2.32. The Morgan fingerprint density at radius 3 is 3.00 bits per heavy atom. The number of nitrogen functional groups attached to an aromatic ring is 1. The molecule has 0 radical (unpaired) electrons. The van der Waals surface area contributed by atoms with Crippen LogP contribution in [0.3, 0.4) is 0 Å². The number of nitriles is 1. The average Bonchev–Trinajstić information content (AvgIpc) is 2.51. The van der Waals surface area contributed by atoms with Crippen molar-refractivity contribution in [1.82, 2.24) is 4.98 Å². The zero-order valence-corrected chi connectivity index (χ0v) is 12.9. The van der Waals surface area contributed by atoms with Gasteiger partial charge in [0.2, 0.25) is 0 Å². The highest BCUT2D eigenvalue weighted by molar-refractivity contribution is 5.98. The number of anilines is 2. The number of ether oxygens (including phenoxy) is 1. The first-order chi connectivity index (χ1) is 10.6. The molecule has 1 saturated heterocycles. The first kappa shape index (κ1) is 14.6. The van der Waals surface area contributed by atoms with E-state index in [0.29, 0.717) is 17.3 Å². The lowest BCUT2D eigenvalue weighted by atomic mass is 10.0. The molecule has 0 spiro atoms. The van der Waals surface area contributed by atoms with Crippen molar-refractivity contribution in [1.29, 1.82) is 5.26 Å². The number of fused-ring (bicyclic) bond motifs is 1. The third-order valence-electron chi connectivity index (χ3n) is 4.18. The molecule has 1 aromatic carbocycles. The van der Waals surface area contributed by atoms with Crippen molar-refractivity contribution in [3.8, 4) is 6.07 Å². The van der Waals surface area contributed by atoms with Gasteiger partial charge in [0.1, 0.15) is 0 Å². The van der Waals surface area contributed by atoms with E-state index in [1.165, 1.54) is 0 Å². The van der Waals surface area contributed by atoms with Gasteiger partial charge >= 0.3 is 0 Å². The molecule has 114 valence electrons. The van der Waals surface area contributed by atoms with Gasteiger partial charge in [-0.25, -0.2) is 0 Å². The van der Waals surface area contributed by atoms with Gasteiger partial charge in [0.25, 0.3) is 0 Å². The Morgan fingerprint density at radius 1 is 1.45 bits per heavy atom. The van der Waals surface area contributed by atoms with E-state index in [0.717, 1.165) is 41.7 Å². The van der Waals surface area contributed by atoms with Crippen LogP contribution < -0.4 is 11.1 Å². The summed E-state index contributed by atoms with van der Waals surface area (Å²) in [6.07, 6.45) is 2.14. The molecule has 1 aliphatic rings. The van der Waals surface area contributed by atoms with Crippen molar-refractivity contribution in [3.05, 3.63) is 29.5 Å². The summed E-state index contributed by atoms with van der Waals surface area (Å²) in [5.41, 5.74) is 10.1. The summed E-state index contributed by atoms with van der Waals surface area (Å²) in [6.45, 7) is 4.75. The summed E-state index contributed by atoms with van der Waals surface area (Å²) >= 11 is 0. The SMILES string of the molecule is Cc1nc2ccc(C#N)cc2c(NC2CCO[C@H](C)C2)c1N. The van der Waals surface area contributed by atoms with Crippen LogP contribution in [0.4, 0.5) is 11.4 Å². The van der Waals surface area contributed by atoms with Gasteiger partial charge in [-0.1, -0.05) is 0 Å². The van der Waals surface area contributed by atoms with E-state index in [9.17, 15) is 0 Å². The predicted octanol–water partition coefficient (Wildman–Crippen LogP) is 2.98. The maximum atomic E-state index is 9.13. The summed E-state index contributed by atoms with van der Waals surface area (Å²) in [5.74, 6) is 0. The summed E-state index contributed by atoms with van der Waals surface area (Å²) < 4.78 is 5.60. The van der Waals surface area contributed by atoms with Crippen LogP contribution in [0.5, 0.6) is 0 Å². The van der Waals surface area contributed by atoms with Gasteiger partial charge in [-0.05, 0) is 44.9 Å². The Kier molecular flexibility index (Phi) is 3.86. The summed E-state index contributed by atoms with van der Waals surface area (Å²) in [5, 5.41) is 13.6. The van der Waals surface area contributed by atoms with Crippen molar-refractivity contribution in [2.45, 2.75) is 38.8 Å². The van der Waals surface area contributed by atoms with Crippen molar-refractivity contribution in [2.75, 3.05) is 17.7 Å². The molecular weight excluding hydrogens is 276 g/mol. The molecule has 5 nitrogen and oxygen atoms in total. The van der Waals surface area contributed by atoms with E-state index in [1.807, 2.05) is 19.1 Å². The second-order valence-electron chi connectivity index (χ2n) is 5.88. The molecule has 0 bridgehead atoms. The van der Waals surface area contributed by atoms with Gasteiger partial charge < -0.3 is 15.8 Å². The fourth-order valence-electron chi connectivity index (χ4n) is 2.96. The number of hydrogen-bond acceptors (Lipinski definition) is 5. The topological polar surface area (TPSA) is 84.0 Å². The molecule has 3 rings (SSSR count). The number of nitrogens with one attached hydrogen (secondary N) is 1. The van der Waals surface area contributed by atoms with E-state index in [2.05, 4.69) is 23.3 Å². The molecule has 1 aromatic heterocycles. The maximum Gasteiger partial charge on any atom is 0.0991 e. The lowest BCUT2D eigenvalue weighted by molar-refractivity contribution is 0.0232. The number of benzene rings is 1. The third-order valence-corrected chi connectivity index (χ3v) is 4.18.